The molecule has 1 aliphatic heterocycles. The lowest BCUT2D eigenvalue weighted by Crippen LogP contribution is -2.42. The maximum Gasteiger partial charge on any atom is 0.0195 e. The van der Waals surface area contributed by atoms with Crippen molar-refractivity contribution in [2.75, 3.05) is 19.6 Å². The maximum absolute atomic E-state index is 3.70. The lowest BCUT2D eigenvalue weighted by Gasteiger charge is -2.30. The van der Waals surface area contributed by atoms with Crippen molar-refractivity contribution in [2.24, 2.45) is 0 Å². The van der Waals surface area contributed by atoms with Gasteiger partial charge in [-0.05, 0) is 58.3 Å². The Kier molecular flexibility index (Phi) is 5.86. The minimum absolute atomic E-state index is 0.664. The molecule has 0 spiro atoms. The molecule has 108 valence electrons. The summed E-state index contributed by atoms with van der Waals surface area (Å²) >= 11 is 1.95. The predicted octanol–water partition coefficient (Wildman–Crippen LogP) is 3.45. The smallest absolute Gasteiger partial charge is 0.0195 e. The quantitative estimate of drug-likeness (QED) is 0.888. The van der Waals surface area contributed by atoms with Gasteiger partial charge in [0.2, 0.25) is 0 Å². The second-order valence-corrected chi connectivity index (χ2v) is 7.23. The van der Waals surface area contributed by atoms with Crippen LogP contribution < -0.4 is 5.32 Å². The Bertz CT molecular complexity index is 375. The minimum atomic E-state index is 0.664. The number of hydrogen-bond donors (Lipinski definition) is 1. The highest BCUT2D eigenvalue weighted by atomic mass is 32.1. The molecule has 2 heterocycles. The molecular formula is C16H28N2S. The highest BCUT2D eigenvalue weighted by Gasteiger charge is 2.21. The Morgan fingerprint density at radius 2 is 2.32 bits per heavy atom. The molecule has 1 aliphatic rings. The molecule has 19 heavy (non-hydrogen) atoms. The van der Waals surface area contributed by atoms with E-state index >= 15 is 0 Å². The summed E-state index contributed by atoms with van der Waals surface area (Å²) < 4.78 is 0. The van der Waals surface area contributed by atoms with Crippen LogP contribution in [0.1, 0.15) is 42.9 Å². The molecule has 1 saturated heterocycles. The Balaban J connectivity index is 1.90. The third-order valence-corrected chi connectivity index (χ3v) is 5.09. The summed E-state index contributed by atoms with van der Waals surface area (Å²) in [5, 5.41) is 3.70. The van der Waals surface area contributed by atoms with E-state index in [1.807, 2.05) is 11.3 Å². The Morgan fingerprint density at radius 3 is 3.00 bits per heavy atom. The molecule has 0 saturated carbocycles. The van der Waals surface area contributed by atoms with Crippen molar-refractivity contribution in [3.63, 3.8) is 0 Å². The van der Waals surface area contributed by atoms with E-state index in [1.165, 1.54) is 55.1 Å². The van der Waals surface area contributed by atoms with Crippen molar-refractivity contribution in [2.45, 2.75) is 58.5 Å². The van der Waals surface area contributed by atoms with Crippen LogP contribution in [-0.4, -0.2) is 36.6 Å². The topological polar surface area (TPSA) is 15.3 Å². The van der Waals surface area contributed by atoms with Gasteiger partial charge in [-0.15, -0.1) is 11.3 Å². The van der Waals surface area contributed by atoms with Gasteiger partial charge in [0, 0.05) is 28.4 Å². The monoisotopic (exact) mass is 280 g/mol. The van der Waals surface area contributed by atoms with Gasteiger partial charge in [-0.2, -0.15) is 0 Å². The van der Waals surface area contributed by atoms with Crippen molar-refractivity contribution in [1.82, 2.24) is 10.2 Å². The van der Waals surface area contributed by atoms with Crippen molar-refractivity contribution in [3.05, 3.63) is 21.9 Å². The summed E-state index contributed by atoms with van der Waals surface area (Å²) in [5.74, 6) is 0. The van der Waals surface area contributed by atoms with E-state index in [-0.39, 0.29) is 0 Å². The molecule has 2 rings (SSSR count). The average molecular weight is 280 g/mol. The van der Waals surface area contributed by atoms with Gasteiger partial charge in [-0.25, -0.2) is 0 Å². The molecule has 0 bridgehead atoms. The number of rotatable bonds is 5. The summed E-state index contributed by atoms with van der Waals surface area (Å²) in [6.07, 6.45) is 5.08. The van der Waals surface area contributed by atoms with Gasteiger partial charge in [0.25, 0.3) is 0 Å². The fourth-order valence-corrected chi connectivity index (χ4v) is 3.99. The highest BCUT2D eigenvalue weighted by Crippen LogP contribution is 2.19. The van der Waals surface area contributed by atoms with E-state index in [4.69, 9.17) is 0 Å². The lowest BCUT2D eigenvalue weighted by atomic mass is 10.1. The molecular weight excluding hydrogens is 252 g/mol. The molecule has 1 aromatic rings. The van der Waals surface area contributed by atoms with E-state index in [2.05, 4.69) is 43.1 Å². The number of thiophene rings is 1. The predicted molar refractivity (Wildman–Crippen MR) is 85.1 cm³/mol. The zero-order valence-corrected chi connectivity index (χ0v) is 13.4. The number of nitrogens with one attached hydrogen (secondary N) is 1. The lowest BCUT2D eigenvalue weighted by molar-refractivity contribution is 0.201. The van der Waals surface area contributed by atoms with Gasteiger partial charge in [-0.1, -0.05) is 13.3 Å². The Labute approximate surface area is 122 Å². The molecule has 2 unspecified atom stereocenters. The van der Waals surface area contributed by atoms with Gasteiger partial charge < -0.3 is 5.32 Å². The van der Waals surface area contributed by atoms with Gasteiger partial charge >= 0.3 is 0 Å². The fourth-order valence-electron chi connectivity index (χ4n) is 2.98. The van der Waals surface area contributed by atoms with E-state index in [0.29, 0.717) is 12.1 Å². The first-order valence-electron chi connectivity index (χ1n) is 7.71. The van der Waals surface area contributed by atoms with Gasteiger partial charge in [0.1, 0.15) is 0 Å². The normalized spacial score (nSPS) is 23.2. The van der Waals surface area contributed by atoms with E-state index in [9.17, 15) is 0 Å². The first-order valence-corrected chi connectivity index (χ1v) is 8.53. The summed E-state index contributed by atoms with van der Waals surface area (Å²) in [4.78, 5) is 5.66. The molecule has 3 heteroatoms. The van der Waals surface area contributed by atoms with Crippen LogP contribution in [0.2, 0.25) is 0 Å². The Hall–Kier alpha value is -0.380. The molecule has 1 aromatic heterocycles. The van der Waals surface area contributed by atoms with Crippen LogP contribution in [0.15, 0.2) is 12.1 Å². The van der Waals surface area contributed by atoms with Crippen LogP contribution in [-0.2, 0) is 6.42 Å². The molecule has 0 aliphatic carbocycles. The van der Waals surface area contributed by atoms with E-state index in [0.717, 1.165) is 0 Å². The molecule has 1 N–H and O–H groups in total. The molecule has 0 amide bonds. The van der Waals surface area contributed by atoms with Crippen LogP contribution in [0, 0.1) is 6.92 Å². The largest absolute Gasteiger partial charge is 0.313 e. The van der Waals surface area contributed by atoms with Gasteiger partial charge in [0.05, 0.1) is 0 Å². The van der Waals surface area contributed by atoms with Gasteiger partial charge in [0.15, 0.2) is 0 Å². The summed E-state index contributed by atoms with van der Waals surface area (Å²) in [6.45, 7) is 10.5. The van der Waals surface area contributed by atoms with Crippen molar-refractivity contribution >= 4 is 11.3 Å². The number of nitrogens with zero attached hydrogens (tertiary/aromatic N) is 1. The number of hydrogen-bond acceptors (Lipinski definition) is 3. The second kappa shape index (κ2) is 7.41. The van der Waals surface area contributed by atoms with Crippen molar-refractivity contribution in [3.8, 4) is 0 Å². The zero-order valence-electron chi connectivity index (χ0n) is 12.6. The first kappa shape index (κ1) is 15.0. The first-order chi connectivity index (χ1) is 9.19. The third-order valence-electron chi connectivity index (χ3n) is 4.06. The van der Waals surface area contributed by atoms with Crippen LogP contribution in [0.5, 0.6) is 0 Å². The maximum atomic E-state index is 3.70. The molecule has 0 radical (unpaired) electrons. The Morgan fingerprint density at radius 1 is 1.47 bits per heavy atom. The fraction of sp³-hybridized carbons (Fsp3) is 0.750. The molecule has 1 fully saturated rings. The van der Waals surface area contributed by atoms with Crippen LogP contribution in [0.25, 0.3) is 0 Å². The standard InChI is InChI=1S/C16H28N2S/c1-4-6-15-12-18(10-5-9-17-15)13(2)11-16-8-7-14(3)19-16/h7-8,13,15,17H,4-6,9-12H2,1-3H3. The second-order valence-electron chi connectivity index (χ2n) is 5.85. The van der Waals surface area contributed by atoms with Crippen molar-refractivity contribution in [1.29, 1.82) is 0 Å². The molecule has 2 atom stereocenters. The van der Waals surface area contributed by atoms with Crippen LogP contribution >= 0.6 is 11.3 Å². The molecule has 0 aromatic carbocycles. The summed E-state index contributed by atoms with van der Waals surface area (Å²) in [6, 6.07) is 5.91. The SMILES string of the molecule is CCCC1CN(C(C)Cc2ccc(C)s2)CCCN1. The highest BCUT2D eigenvalue weighted by molar-refractivity contribution is 7.11. The average Bonchev–Trinajstić information content (AvgIpc) is 2.65. The summed E-state index contributed by atoms with van der Waals surface area (Å²) in [7, 11) is 0. The van der Waals surface area contributed by atoms with E-state index < -0.39 is 0 Å². The third kappa shape index (κ3) is 4.59. The number of aryl methyl sites for hydroxylation is 1. The molecule has 2 nitrogen and oxygen atoms in total. The van der Waals surface area contributed by atoms with Gasteiger partial charge in [-0.3, -0.25) is 4.90 Å². The van der Waals surface area contributed by atoms with E-state index in [1.54, 1.807) is 0 Å². The zero-order chi connectivity index (χ0) is 13.7. The van der Waals surface area contributed by atoms with Crippen LogP contribution in [0.3, 0.4) is 0 Å². The van der Waals surface area contributed by atoms with Crippen molar-refractivity contribution < 1.29 is 0 Å². The minimum Gasteiger partial charge on any atom is -0.313 e. The summed E-state index contributed by atoms with van der Waals surface area (Å²) in [5.41, 5.74) is 0. The van der Waals surface area contributed by atoms with Crippen LogP contribution in [0.4, 0.5) is 0 Å².